The van der Waals surface area contributed by atoms with Gasteiger partial charge in [0.05, 0.1) is 0 Å². The van der Waals surface area contributed by atoms with Gasteiger partial charge in [-0.05, 0) is 12.1 Å². The summed E-state index contributed by atoms with van der Waals surface area (Å²) in [4.78, 5) is 22.4. The Labute approximate surface area is 110 Å². The Morgan fingerprint density at radius 3 is 2.79 bits per heavy atom. The molecule has 0 fully saturated rings. The summed E-state index contributed by atoms with van der Waals surface area (Å²) < 4.78 is 17.9. The largest absolute Gasteiger partial charge is 0.452 e. The summed E-state index contributed by atoms with van der Waals surface area (Å²) in [5.41, 5.74) is 0.274. The first-order valence-electron chi connectivity index (χ1n) is 5.60. The third-order valence-electron chi connectivity index (χ3n) is 2.09. The zero-order valence-corrected chi connectivity index (χ0v) is 10.3. The summed E-state index contributed by atoms with van der Waals surface area (Å²) in [5.74, 6) is -1.57. The number of amides is 1. The molecule has 0 saturated heterocycles. The van der Waals surface area contributed by atoms with Crippen LogP contribution in [0.25, 0.3) is 6.08 Å². The van der Waals surface area contributed by atoms with Crippen LogP contribution in [-0.2, 0) is 14.3 Å². The van der Waals surface area contributed by atoms with E-state index in [2.05, 4.69) is 16.6 Å². The van der Waals surface area contributed by atoms with E-state index in [9.17, 15) is 14.0 Å². The van der Waals surface area contributed by atoms with Crippen molar-refractivity contribution in [2.24, 2.45) is 0 Å². The summed E-state index contributed by atoms with van der Waals surface area (Å²) in [6.07, 6.45) is 3.87. The van der Waals surface area contributed by atoms with Gasteiger partial charge >= 0.3 is 5.97 Å². The van der Waals surface area contributed by atoms with Crippen molar-refractivity contribution < 1.29 is 18.7 Å². The Kier molecular flexibility index (Phi) is 6.02. The van der Waals surface area contributed by atoms with Crippen LogP contribution in [0.1, 0.15) is 5.56 Å². The predicted molar refractivity (Wildman–Crippen MR) is 69.6 cm³/mol. The van der Waals surface area contributed by atoms with Crippen LogP contribution >= 0.6 is 0 Å². The van der Waals surface area contributed by atoms with E-state index in [1.54, 1.807) is 12.1 Å². The van der Waals surface area contributed by atoms with Gasteiger partial charge < -0.3 is 10.1 Å². The first-order chi connectivity index (χ1) is 9.13. The van der Waals surface area contributed by atoms with Crippen molar-refractivity contribution in [3.05, 3.63) is 54.4 Å². The van der Waals surface area contributed by atoms with Crippen LogP contribution in [-0.4, -0.2) is 25.0 Å². The minimum atomic E-state index is -0.711. The lowest BCUT2D eigenvalue weighted by atomic mass is 10.2. The minimum absolute atomic E-state index is 0.274. The summed E-state index contributed by atoms with van der Waals surface area (Å²) in [7, 11) is 0. The summed E-state index contributed by atoms with van der Waals surface area (Å²) in [6, 6.07) is 6.01. The lowest BCUT2D eigenvalue weighted by molar-refractivity contribution is -0.143. The number of carbonyl (C=O) groups excluding carboxylic acids is 2. The molecular formula is C14H14FNO3. The number of rotatable bonds is 6. The number of halogens is 1. The molecule has 5 heteroatoms. The Balaban J connectivity index is 2.41. The monoisotopic (exact) mass is 263 g/mol. The molecule has 0 bridgehead atoms. The molecule has 1 N–H and O–H groups in total. The topological polar surface area (TPSA) is 55.4 Å². The molecule has 0 aliphatic rings. The van der Waals surface area contributed by atoms with Gasteiger partial charge in [0, 0.05) is 18.2 Å². The van der Waals surface area contributed by atoms with Crippen LogP contribution in [0.5, 0.6) is 0 Å². The van der Waals surface area contributed by atoms with E-state index >= 15 is 0 Å². The number of benzene rings is 1. The molecule has 0 aromatic heterocycles. The van der Waals surface area contributed by atoms with Crippen molar-refractivity contribution in [3.63, 3.8) is 0 Å². The molecular weight excluding hydrogens is 249 g/mol. The van der Waals surface area contributed by atoms with Crippen molar-refractivity contribution in [2.75, 3.05) is 13.2 Å². The molecule has 4 nitrogen and oxygen atoms in total. The second-order valence-electron chi connectivity index (χ2n) is 3.56. The van der Waals surface area contributed by atoms with E-state index in [0.29, 0.717) is 6.54 Å². The highest BCUT2D eigenvalue weighted by molar-refractivity contribution is 5.89. The quantitative estimate of drug-likeness (QED) is 0.482. The SMILES string of the molecule is C=CCNC(=O)COC(=O)/C=C/c1ccccc1F. The first kappa shape index (κ1) is 14.6. The molecule has 0 spiro atoms. The van der Waals surface area contributed by atoms with Gasteiger partial charge in [-0.1, -0.05) is 24.3 Å². The van der Waals surface area contributed by atoms with Crippen LogP contribution < -0.4 is 5.32 Å². The Hall–Kier alpha value is -2.43. The summed E-state index contributed by atoms with van der Waals surface area (Å²) in [5, 5.41) is 2.45. The molecule has 0 atom stereocenters. The van der Waals surface area contributed by atoms with Crippen molar-refractivity contribution in [2.45, 2.75) is 0 Å². The van der Waals surface area contributed by atoms with Gasteiger partial charge in [-0.3, -0.25) is 4.79 Å². The lowest BCUT2D eigenvalue weighted by Crippen LogP contribution is -2.28. The Bertz CT molecular complexity index is 497. The predicted octanol–water partition coefficient (Wildman–Crippen LogP) is 1.68. The van der Waals surface area contributed by atoms with Crippen LogP contribution in [0.3, 0.4) is 0 Å². The average molecular weight is 263 g/mol. The van der Waals surface area contributed by atoms with Crippen LogP contribution in [0.15, 0.2) is 43.0 Å². The molecule has 0 saturated carbocycles. The van der Waals surface area contributed by atoms with Gasteiger partial charge in [0.1, 0.15) is 5.82 Å². The lowest BCUT2D eigenvalue weighted by Gasteiger charge is -2.02. The van der Waals surface area contributed by atoms with Gasteiger partial charge in [0.15, 0.2) is 6.61 Å². The fraction of sp³-hybridized carbons (Fsp3) is 0.143. The van der Waals surface area contributed by atoms with Crippen LogP contribution in [0.4, 0.5) is 4.39 Å². The first-order valence-corrected chi connectivity index (χ1v) is 5.60. The third-order valence-corrected chi connectivity index (χ3v) is 2.09. The van der Waals surface area contributed by atoms with E-state index in [-0.39, 0.29) is 12.2 Å². The van der Waals surface area contributed by atoms with Crippen molar-refractivity contribution in [3.8, 4) is 0 Å². The maximum atomic E-state index is 13.2. The Morgan fingerprint density at radius 1 is 1.37 bits per heavy atom. The Morgan fingerprint density at radius 2 is 2.11 bits per heavy atom. The highest BCUT2D eigenvalue weighted by atomic mass is 19.1. The number of hydrogen-bond donors (Lipinski definition) is 1. The average Bonchev–Trinajstić information content (AvgIpc) is 2.42. The normalized spacial score (nSPS) is 10.2. The molecule has 0 heterocycles. The maximum absolute atomic E-state index is 13.2. The van der Waals surface area contributed by atoms with Crippen LogP contribution in [0, 0.1) is 5.82 Å². The van der Waals surface area contributed by atoms with E-state index in [0.717, 1.165) is 6.08 Å². The molecule has 1 amide bonds. The molecule has 0 aliphatic heterocycles. The number of nitrogens with one attached hydrogen (secondary N) is 1. The fourth-order valence-corrected chi connectivity index (χ4v) is 1.19. The molecule has 0 radical (unpaired) electrons. The highest BCUT2D eigenvalue weighted by Crippen LogP contribution is 2.07. The van der Waals surface area contributed by atoms with E-state index in [4.69, 9.17) is 0 Å². The van der Waals surface area contributed by atoms with Gasteiger partial charge in [0.25, 0.3) is 5.91 Å². The van der Waals surface area contributed by atoms with Gasteiger partial charge in [-0.25, -0.2) is 9.18 Å². The number of esters is 1. The van der Waals surface area contributed by atoms with Gasteiger partial charge in [-0.2, -0.15) is 0 Å². The van der Waals surface area contributed by atoms with Crippen molar-refractivity contribution >= 4 is 18.0 Å². The van der Waals surface area contributed by atoms with Crippen LogP contribution in [0.2, 0.25) is 0 Å². The van der Waals surface area contributed by atoms with Crippen molar-refractivity contribution in [1.29, 1.82) is 0 Å². The standard InChI is InChI=1S/C14H14FNO3/c1-2-9-16-13(17)10-19-14(18)8-7-11-5-3-4-6-12(11)15/h2-8H,1,9-10H2,(H,16,17)/b8-7+. The molecule has 0 unspecified atom stereocenters. The van der Waals surface area contributed by atoms with E-state index in [1.165, 1.54) is 24.3 Å². The van der Waals surface area contributed by atoms with Gasteiger partial charge in [-0.15, -0.1) is 6.58 Å². The maximum Gasteiger partial charge on any atom is 0.331 e. The highest BCUT2D eigenvalue weighted by Gasteiger charge is 2.04. The molecule has 1 aromatic rings. The van der Waals surface area contributed by atoms with E-state index in [1.807, 2.05) is 0 Å². The van der Waals surface area contributed by atoms with Gasteiger partial charge in [0.2, 0.25) is 0 Å². The molecule has 1 rings (SSSR count). The number of ether oxygens (including phenoxy) is 1. The van der Waals surface area contributed by atoms with Crippen molar-refractivity contribution in [1.82, 2.24) is 5.32 Å². The third kappa shape index (κ3) is 5.63. The molecule has 0 aliphatic carbocycles. The molecule has 19 heavy (non-hydrogen) atoms. The number of hydrogen-bond acceptors (Lipinski definition) is 3. The fourth-order valence-electron chi connectivity index (χ4n) is 1.19. The minimum Gasteiger partial charge on any atom is -0.452 e. The molecule has 100 valence electrons. The second kappa shape index (κ2) is 7.81. The molecule has 1 aromatic carbocycles. The summed E-state index contributed by atoms with van der Waals surface area (Å²) in [6.45, 7) is 3.36. The zero-order chi connectivity index (χ0) is 14.1. The zero-order valence-electron chi connectivity index (χ0n) is 10.3. The van der Waals surface area contributed by atoms with E-state index < -0.39 is 17.7 Å². The second-order valence-corrected chi connectivity index (χ2v) is 3.56. The summed E-state index contributed by atoms with van der Waals surface area (Å²) >= 11 is 0. The number of carbonyl (C=O) groups is 2. The smallest absolute Gasteiger partial charge is 0.331 e.